The minimum absolute atomic E-state index is 0.187. The third-order valence-corrected chi connectivity index (χ3v) is 4.35. The first-order chi connectivity index (χ1) is 12.7. The van der Waals surface area contributed by atoms with Crippen molar-refractivity contribution in [1.29, 1.82) is 0 Å². The monoisotopic (exact) mass is 355 g/mol. The molecular formula is C21H29N3O2. The summed E-state index contributed by atoms with van der Waals surface area (Å²) in [6, 6.07) is 10.2. The number of para-hydroxylation sites is 1. The fourth-order valence-corrected chi connectivity index (χ4v) is 2.79. The van der Waals surface area contributed by atoms with Crippen molar-refractivity contribution in [2.24, 2.45) is 0 Å². The largest absolute Gasteiger partial charge is 0.491 e. The Labute approximate surface area is 155 Å². The van der Waals surface area contributed by atoms with Crippen molar-refractivity contribution in [2.75, 3.05) is 33.3 Å². The Kier molecular flexibility index (Phi) is 7.96. The molecule has 5 heteroatoms. The average molecular weight is 355 g/mol. The highest BCUT2D eigenvalue weighted by molar-refractivity contribution is 5.91. The number of carbonyl (C=O) groups excluding carboxylic acids is 1. The van der Waals surface area contributed by atoms with Crippen molar-refractivity contribution in [3.05, 3.63) is 53.9 Å². The van der Waals surface area contributed by atoms with E-state index in [1.165, 1.54) is 7.11 Å². The molecule has 0 aliphatic heterocycles. The summed E-state index contributed by atoms with van der Waals surface area (Å²) >= 11 is 0. The number of fused-ring (bicyclic) bond motifs is 1. The van der Waals surface area contributed by atoms with E-state index in [1.54, 1.807) is 6.08 Å². The van der Waals surface area contributed by atoms with E-state index >= 15 is 0 Å². The lowest BCUT2D eigenvalue weighted by molar-refractivity contribution is -0.120. The number of aromatic amines is 1. The molecule has 0 spiro atoms. The van der Waals surface area contributed by atoms with Gasteiger partial charge in [-0.3, -0.25) is 4.79 Å². The van der Waals surface area contributed by atoms with Gasteiger partial charge in [-0.25, -0.2) is 0 Å². The van der Waals surface area contributed by atoms with E-state index in [1.807, 2.05) is 30.4 Å². The van der Waals surface area contributed by atoms with Crippen LogP contribution < -0.4 is 5.32 Å². The van der Waals surface area contributed by atoms with Crippen LogP contribution in [0.2, 0.25) is 0 Å². The Morgan fingerprint density at radius 2 is 2.04 bits per heavy atom. The van der Waals surface area contributed by atoms with Gasteiger partial charge in [0.25, 0.3) is 5.91 Å². The Bertz CT molecular complexity index is 724. The van der Waals surface area contributed by atoms with Crippen molar-refractivity contribution in [3.63, 3.8) is 0 Å². The Hall–Kier alpha value is -2.53. The molecule has 1 amide bonds. The lowest BCUT2D eigenvalue weighted by Gasteiger charge is -2.17. The average Bonchev–Trinajstić information content (AvgIpc) is 3.08. The van der Waals surface area contributed by atoms with Gasteiger partial charge in [-0.2, -0.15) is 0 Å². The van der Waals surface area contributed by atoms with E-state index in [9.17, 15) is 4.79 Å². The minimum atomic E-state index is -0.187. The van der Waals surface area contributed by atoms with Gasteiger partial charge in [0.15, 0.2) is 5.76 Å². The van der Waals surface area contributed by atoms with Gasteiger partial charge in [-0.1, -0.05) is 38.1 Å². The summed E-state index contributed by atoms with van der Waals surface area (Å²) < 4.78 is 5.21. The zero-order valence-electron chi connectivity index (χ0n) is 15.9. The molecule has 1 aromatic heterocycles. The smallest absolute Gasteiger partial charge is 0.286 e. The van der Waals surface area contributed by atoms with E-state index in [2.05, 4.69) is 41.2 Å². The van der Waals surface area contributed by atoms with Gasteiger partial charge in [0.1, 0.15) is 0 Å². The van der Waals surface area contributed by atoms with Crippen LogP contribution in [-0.4, -0.2) is 49.1 Å². The molecule has 26 heavy (non-hydrogen) atoms. The maximum atomic E-state index is 12.2. The second kappa shape index (κ2) is 10.5. The summed E-state index contributed by atoms with van der Waals surface area (Å²) in [4.78, 5) is 17.8. The van der Waals surface area contributed by atoms with Crippen LogP contribution in [0.15, 0.2) is 48.2 Å². The predicted octanol–water partition coefficient (Wildman–Crippen LogP) is 3.56. The normalized spacial score (nSPS) is 12.2. The molecule has 0 fully saturated rings. The lowest BCUT2D eigenvalue weighted by Crippen LogP contribution is -2.30. The van der Waals surface area contributed by atoms with Crippen LogP contribution in [-0.2, 0) is 9.53 Å². The molecule has 0 unspecified atom stereocenters. The standard InChI is InChI=1S/C21H29N3O2/c1-4-24(5-2)15-9-14-22-21(25)20(26-3)13-8-11-18-16-17-10-6-7-12-19(17)23-18/h6-8,10-13,16,23H,4-5,9,14-15H2,1-3H3,(H,22,25). The van der Waals surface area contributed by atoms with Crippen LogP contribution in [0.25, 0.3) is 17.0 Å². The van der Waals surface area contributed by atoms with Crippen LogP contribution in [0.1, 0.15) is 26.0 Å². The number of H-pyrrole nitrogens is 1. The summed E-state index contributed by atoms with van der Waals surface area (Å²) in [5.74, 6) is 0.119. The van der Waals surface area contributed by atoms with Crippen LogP contribution in [0, 0.1) is 0 Å². The number of amides is 1. The fraction of sp³-hybridized carbons (Fsp3) is 0.381. The van der Waals surface area contributed by atoms with Crippen LogP contribution in [0.4, 0.5) is 0 Å². The van der Waals surface area contributed by atoms with Gasteiger partial charge >= 0.3 is 0 Å². The molecule has 0 radical (unpaired) electrons. The lowest BCUT2D eigenvalue weighted by atomic mass is 10.2. The van der Waals surface area contributed by atoms with Crippen molar-refractivity contribution in [3.8, 4) is 0 Å². The van der Waals surface area contributed by atoms with Crippen molar-refractivity contribution >= 4 is 22.9 Å². The molecule has 0 bridgehead atoms. The van der Waals surface area contributed by atoms with Gasteiger partial charge in [-0.05, 0) is 55.7 Å². The SMILES string of the molecule is CCN(CC)CCCNC(=O)C(=CC=Cc1cc2ccccc2[nH]1)OC. The van der Waals surface area contributed by atoms with Gasteiger partial charge in [-0.15, -0.1) is 0 Å². The Morgan fingerprint density at radius 3 is 2.73 bits per heavy atom. The number of nitrogens with one attached hydrogen (secondary N) is 2. The number of nitrogens with zero attached hydrogens (tertiary/aromatic N) is 1. The van der Waals surface area contributed by atoms with Crippen molar-refractivity contribution < 1.29 is 9.53 Å². The van der Waals surface area contributed by atoms with Crippen LogP contribution >= 0.6 is 0 Å². The zero-order valence-corrected chi connectivity index (χ0v) is 15.9. The van der Waals surface area contributed by atoms with E-state index in [4.69, 9.17) is 4.74 Å². The fourth-order valence-electron chi connectivity index (χ4n) is 2.79. The molecule has 0 aliphatic rings. The van der Waals surface area contributed by atoms with E-state index in [0.29, 0.717) is 12.3 Å². The molecule has 0 saturated heterocycles. The first kappa shape index (κ1) is 19.8. The highest BCUT2D eigenvalue weighted by Gasteiger charge is 2.08. The summed E-state index contributed by atoms with van der Waals surface area (Å²) in [5.41, 5.74) is 2.08. The number of hydrogen-bond donors (Lipinski definition) is 2. The molecule has 0 aliphatic carbocycles. The molecule has 2 rings (SSSR count). The van der Waals surface area contributed by atoms with Crippen molar-refractivity contribution in [2.45, 2.75) is 20.3 Å². The first-order valence-electron chi connectivity index (χ1n) is 9.18. The van der Waals surface area contributed by atoms with Crippen LogP contribution in [0.3, 0.4) is 0 Å². The third kappa shape index (κ3) is 5.77. The Morgan fingerprint density at radius 1 is 1.27 bits per heavy atom. The summed E-state index contributed by atoms with van der Waals surface area (Å²) in [5, 5.41) is 4.07. The molecule has 0 atom stereocenters. The summed E-state index contributed by atoms with van der Waals surface area (Å²) in [7, 11) is 1.51. The third-order valence-electron chi connectivity index (χ3n) is 4.35. The molecule has 140 valence electrons. The zero-order chi connectivity index (χ0) is 18.8. The second-order valence-electron chi connectivity index (χ2n) is 6.04. The molecule has 2 aromatic rings. The maximum absolute atomic E-state index is 12.2. The maximum Gasteiger partial charge on any atom is 0.286 e. The number of aromatic nitrogens is 1. The number of allylic oxidation sites excluding steroid dienone is 2. The number of benzene rings is 1. The highest BCUT2D eigenvalue weighted by atomic mass is 16.5. The quantitative estimate of drug-likeness (QED) is 0.296. The first-order valence-corrected chi connectivity index (χ1v) is 9.18. The predicted molar refractivity (Wildman–Crippen MR) is 108 cm³/mol. The van der Waals surface area contributed by atoms with Crippen LogP contribution in [0.5, 0.6) is 0 Å². The van der Waals surface area contributed by atoms with E-state index in [-0.39, 0.29) is 5.91 Å². The molecule has 2 N–H and O–H groups in total. The van der Waals surface area contributed by atoms with Gasteiger partial charge in [0.05, 0.1) is 7.11 Å². The molecule has 0 saturated carbocycles. The number of hydrogen-bond acceptors (Lipinski definition) is 3. The second-order valence-corrected chi connectivity index (χ2v) is 6.04. The van der Waals surface area contributed by atoms with E-state index in [0.717, 1.165) is 42.7 Å². The topological polar surface area (TPSA) is 57.4 Å². The molecular weight excluding hydrogens is 326 g/mol. The van der Waals surface area contributed by atoms with Crippen molar-refractivity contribution in [1.82, 2.24) is 15.2 Å². The highest BCUT2D eigenvalue weighted by Crippen LogP contribution is 2.15. The molecule has 5 nitrogen and oxygen atoms in total. The van der Waals surface area contributed by atoms with Gasteiger partial charge in [0, 0.05) is 17.8 Å². The molecule has 1 heterocycles. The number of methoxy groups -OCH3 is 1. The summed E-state index contributed by atoms with van der Waals surface area (Å²) in [6.07, 6.45) is 6.35. The molecule has 1 aromatic carbocycles. The van der Waals surface area contributed by atoms with Gasteiger partial charge in [0.2, 0.25) is 0 Å². The van der Waals surface area contributed by atoms with E-state index < -0.39 is 0 Å². The van der Waals surface area contributed by atoms with Gasteiger partial charge < -0.3 is 19.9 Å². The minimum Gasteiger partial charge on any atom is -0.491 e. The number of carbonyl (C=O) groups is 1. The Balaban J connectivity index is 1.86. The number of rotatable bonds is 10. The number of ether oxygens (including phenoxy) is 1. The summed E-state index contributed by atoms with van der Waals surface area (Å²) in [6.45, 7) is 7.99.